The van der Waals surface area contributed by atoms with Crippen molar-refractivity contribution < 1.29 is 9.90 Å². The number of carbonyl (C=O) groups is 1. The first-order chi connectivity index (χ1) is 22.2. The maximum Gasteiger partial charge on any atom is 0.333 e. The van der Waals surface area contributed by atoms with Gasteiger partial charge >= 0.3 is 5.97 Å². The lowest BCUT2D eigenvalue weighted by Crippen LogP contribution is -1.95. The molecular weight excluding hydrogens is 645 g/mol. The van der Waals surface area contributed by atoms with Crippen molar-refractivity contribution in [2.45, 2.75) is 41.2 Å². The van der Waals surface area contributed by atoms with Crippen LogP contribution in [-0.2, 0) is 11.3 Å². The molecule has 228 valence electrons. The van der Waals surface area contributed by atoms with Gasteiger partial charge in [-0.3, -0.25) is 4.79 Å². The molecule has 7 aromatic rings. The van der Waals surface area contributed by atoms with Gasteiger partial charge in [0.25, 0.3) is 5.70 Å². The quantitative estimate of drug-likeness (QED) is 0.135. The third kappa shape index (κ3) is 5.14. The Kier molecular flexibility index (Phi) is 7.82. The number of benzene rings is 2. The molecule has 7 rings (SSSR count). The summed E-state index contributed by atoms with van der Waals surface area (Å²) in [4.78, 5) is 24.1. The summed E-state index contributed by atoms with van der Waals surface area (Å²) in [6.07, 6.45) is 1.48. The van der Waals surface area contributed by atoms with E-state index in [1.54, 1.807) is 11.3 Å². The van der Waals surface area contributed by atoms with Crippen molar-refractivity contribution in [2.24, 2.45) is 0 Å². The molecule has 4 nitrogen and oxygen atoms in total. The van der Waals surface area contributed by atoms with Crippen LogP contribution in [-0.4, -0.2) is 15.6 Å². The van der Waals surface area contributed by atoms with Crippen molar-refractivity contribution in [1.82, 2.24) is 4.57 Å². The van der Waals surface area contributed by atoms with Gasteiger partial charge in [0.2, 0.25) is 0 Å². The summed E-state index contributed by atoms with van der Waals surface area (Å²) >= 11 is 7.04. The smallest absolute Gasteiger partial charge is 0.333 e. The molecular formula is C38H30N2O2S4. The van der Waals surface area contributed by atoms with Crippen molar-refractivity contribution in [3.63, 3.8) is 0 Å². The first-order valence-electron chi connectivity index (χ1n) is 14.9. The third-order valence-corrected chi connectivity index (χ3v) is 13.8. The first-order valence-corrected chi connectivity index (χ1v) is 18.2. The second-order valence-electron chi connectivity index (χ2n) is 11.5. The number of carboxylic acids is 1. The lowest BCUT2D eigenvalue weighted by atomic mass is 10.1. The van der Waals surface area contributed by atoms with Gasteiger partial charge in [-0.05, 0) is 111 Å². The molecule has 0 aliphatic carbocycles. The predicted molar refractivity (Wildman–Crippen MR) is 200 cm³/mol. The molecule has 0 aliphatic rings. The SMILES string of the molecule is [C-]#[N+]/C(=C\c1sc(-c2sc(-c3sc(-c4sc(-c5ccc6c(c5)c5ccccc5n6CC)cc4C)cc3C)cc2C)cc1C)C(=O)O. The van der Waals surface area contributed by atoms with Crippen molar-refractivity contribution in [3.8, 4) is 39.7 Å². The van der Waals surface area contributed by atoms with Gasteiger partial charge in [-0.15, -0.1) is 45.3 Å². The van der Waals surface area contributed by atoms with Crippen LogP contribution in [0.2, 0.25) is 0 Å². The fraction of sp³-hybridized carbons (Fsp3) is 0.158. The van der Waals surface area contributed by atoms with E-state index in [1.807, 2.05) is 29.6 Å². The summed E-state index contributed by atoms with van der Waals surface area (Å²) in [6.45, 7) is 18.9. The van der Waals surface area contributed by atoms with Crippen LogP contribution in [0.15, 0.2) is 72.4 Å². The Balaban J connectivity index is 1.22. The second-order valence-corrected chi connectivity index (χ2v) is 15.7. The predicted octanol–water partition coefficient (Wildman–Crippen LogP) is 12.3. The number of aliphatic carboxylic acids is 1. The number of thiophene rings is 4. The van der Waals surface area contributed by atoms with Gasteiger partial charge in [-0.2, -0.15) is 0 Å². The Morgan fingerprint density at radius 3 is 1.89 bits per heavy atom. The summed E-state index contributed by atoms with van der Waals surface area (Å²) in [5.41, 5.74) is 8.29. The average Bonchev–Trinajstić information content (AvgIpc) is 3.85. The van der Waals surface area contributed by atoms with E-state index in [0.717, 1.165) is 21.9 Å². The van der Waals surface area contributed by atoms with E-state index in [-0.39, 0.29) is 5.70 Å². The molecule has 0 aliphatic heterocycles. The second kappa shape index (κ2) is 11.8. The van der Waals surface area contributed by atoms with E-state index in [9.17, 15) is 9.90 Å². The van der Waals surface area contributed by atoms with Crippen molar-refractivity contribution in [3.05, 3.63) is 111 Å². The molecule has 0 atom stereocenters. The van der Waals surface area contributed by atoms with Gasteiger partial charge in [0, 0.05) is 67.4 Å². The Bertz CT molecular complexity index is 2400. The Morgan fingerprint density at radius 1 is 0.739 bits per heavy atom. The molecule has 0 saturated carbocycles. The van der Waals surface area contributed by atoms with Crippen molar-refractivity contribution >= 4 is 79.2 Å². The van der Waals surface area contributed by atoms with E-state index in [0.29, 0.717) is 0 Å². The number of para-hydroxylation sites is 1. The monoisotopic (exact) mass is 674 g/mol. The molecule has 0 saturated heterocycles. The molecule has 5 heterocycles. The molecule has 1 N–H and O–H groups in total. The van der Waals surface area contributed by atoms with Crippen LogP contribution in [0, 0.1) is 34.3 Å². The van der Waals surface area contributed by atoms with E-state index in [1.165, 1.54) is 90.7 Å². The van der Waals surface area contributed by atoms with Gasteiger partial charge in [0.15, 0.2) is 0 Å². The number of hydrogen-bond acceptors (Lipinski definition) is 5. The Hall–Kier alpha value is -4.26. The van der Waals surface area contributed by atoms with Crippen LogP contribution in [0.3, 0.4) is 0 Å². The minimum Gasteiger partial charge on any atom is -0.486 e. The standard InChI is InChI=1S/C38H30N2O2S4/c1-7-40-28-11-9-8-10-25(28)26-18-24(12-13-29(26)40)31-15-21(3)36(44-31)33-17-23(5)37(46-33)34-16-22(4)35(45-34)32-14-20(2)30(43-32)19-27(39-6)38(41)42/h8-19H,7H2,1-5H3,(H,41,42)/b27-19-. The number of fused-ring (bicyclic) bond motifs is 3. The van der Waals surface area contributed by atoms with Crippen LogP contribution in [0.1, 0.15) is 34.1 Å². The van der Waals surface area contributed by atoms with Gasteiger partial charge in [-0.1, -0.05) is 24.3 Å². The lowest BCUT2D eigenvalue weighted by molar-refractivity contribution is -0.132. The van der Waals surface area contributed by atoms with Gasteiger partial charge in [0.05, 0.1) is 6.57 Å². The van der Waals surface area contributed by atoms with Crippen LogP contribution in [0.25, 0.3) is 72.4 Å². The molecule has 0 bridgehead atoms. The third-order valence-electron chi connectivity index (χ3n) is 8.36. The van der Waals surface area contributed by atoms with E-state index in [4.69, 9.17) is 6.57 Å². The fourth-order valence-corrected chi connectivity index (χ4v) is 11.2. The zero-order valence-electron chi connectivity index (χ0n) is 26.0. The zero-order chi connectivity index (χ0) is 32.3. The Labute approximate surface area is 284 Å². The molecule has 0 amide bonds. The van der Waals surface area contributed by atoms with E-state index >= 15 is 0 Å². The topological polar surface area (TPSA) is 46.6 Å². The largest absolute Gasteiger partial charge is 0.486 e. The van der Waals surface area contributed by atoms with Crippen LogP contribution in [0.4, 0.5) is 0 Å². The summed E-state index contributed by atoms with van der Waals surface area (Å²) < 4.78 is 2.40. The summed E-state index contributed by atoms with van der Waals surface area (Å²) in [5.74, 6) is -1.20. The number of aromatic nitrogens is 1. The number of rotatable bonds is 7. The zero-order valence-corrected chi connectivity index (χ0v) is 29.3. The number of hydrogen-bond donors (Lipinski definition) is 1. The molecule has 0 fully saturated rings. The van der Waals surface area contributed by atoms with Gasteiger partial charge in [-0.25, -0.2) is 4.85 Å². The van der Waals surface area contributed by atoms with Crippen molar-refractivity contribution in [1.29, 1.82) is 0 Å². The molecule has 46 heavy (non-hydrogen) atoms. The minimum atomic E-state index is -1.20. The van der Waals surface area contributed by atoms with Crippen LogP contribution in [0.5, 0.6) is 0 Å². The number of nitrogens with zero attached hydrogens (tertiary/aromatic N) is 2. The highest BCUT2D eigenvalue weighted by Gasteiger charge is 2.20. The first kappa shape index (κ1) is 30.4. The minimum absolute atomic E-state index is 0.265. The molecule has 0 spiro atoms. The van der Waals surface area contributed by atoms with E-state index in [2.05, 4.69) is 104 Å². The normalized spacial score (nSPS) is 12.0. The fourth-order valence-electron chi connectivity index (χ4n) is 6.11. The number of aryl methyl sites for hydroxylation is 5. The molecule has 0 unspecified atom stereocenters. The maximum atomic E-state index is 11.4. The average molecular weight is 675 g/mol. The lowest BCUT2D eigenvalue weighted by Gasteiger charge is -2.03. The van der Waals surface area contributed by atoms with Crippen molar-refractivity contribution in [2.75, 3.05) is 0 Å². The molecule has 5 aromatic heterocycles. The summed E-state index contributed by atoms with van der Waals surface area (Å²) in [7, 11) is 0. The van der Waals surface area contributed by atoms with E-state index < -0.39 is 5.97 Å². The summed E-state index contributed by atoms with van der Waals surface area (Å²) in [5, 5.41) is 11.9. The highest BCUT2D eigenvalue weighted by Crippen LogP contribution is 2.49. The van der Waals surface area contributed by atoms with Crippen LogP contribution < -0.4 is 0 Å². The van der Waals surface area contributed by atoms with Gasteiger partial charge < -0.3 is 9.67 Å². The molecule has 8 heteroatoms. The molecule has 0 radical (unpaired) electrons. The summed E-state index contributed by atoms with van der Waals surface area (Å²) in [6, 6.07) is 24.6. The molecule has 2 aromatic carbocycles. The van der Waals surface area contributed by atoms with Gasteiger partial charge in [0.1, 0.15) is 0 Å². The highest BCUT2D eigenvalue weighted by atomic mass is 32.1. The maximum absolute atomic E-state index is 11.4. The highest BCUT2D eigenvalue weighted by molar-refractivity contribution is 7.29. The Morgan fingerprint density at radius 2 is 1.28 bits per heavy atom. The number of carboxylic acid groups (broad SMARTS) is 1. The van der Waals surface area contributed by atoms with Crippen LogP contribution >= 0.6 is 45.3 Å².